The normalized spacial score (nSPS) is 19.8. The molecule has 1 aliphatic rings. The number of anilines is 1. The summed E-state index contributed by atoms with van der Waals surface area (Å²) >= 11 is 3.27. The van der Waals surface area contributed by atoms with Gasteiger partial charge in [0.05, 0.1) is 25.0 Å². The summed E-state index contributed by atoms with van der Waals surface area (Å²) in [7, 11) is 1.52. The number of para-hydroxylation sites is 1. The minimum Gasteiger partial charge on any atom is -0.496 e. The van der Waals surface area contributed by atoms with E-state index in [-0.39, 0.29) is 5.78 Å². The lowest BCUT2D eigenvalue weighted by atomic mass is 9.77. The van der Waals surface area contributed by atoms with E-state index in [2.05, 4.69) is 20.9 Å². The van der Waals surface area contributed by atoms with Crippen LogP contribution in [0.4, 0.5) is 5.69 Å². The Bertz CT molecular complexity index is 934. The SMILES string of the molecule is COc1ccccc1C1C(C(=O)C(C)(C)C)C(=O)C(=O)N1c1ccc(Br)nc1. The Morgan fingerprint density at radius 1 is 1.14 bits per heavy atom. The van der Waals surface area contributed by atoms with Gasteiger partial charge >= 0.3 is 0 Å². The van der Waals surface area contributed by atoms with Gasteiger partial charge in [-0.2, -0.15) is 0 Å². The fourth-order valence-corrected chi connectivity index (χ4v) is 3.65. The Morgan fingerprint density at radius 3 is 2.39 bits per heavy atom. The first-order chi connectivity index (χ1) is 13.2. The number of methoxy groups -OCH3 is 1. The molecule has 28 heavy (non-hydrogen) atoms. The maximum Gasteiger partial charge on any atom is 0.295 e. The predicted molar refractivity (Wildman–Crippen MR) is 108 cm³/mol. The van der Waals surface area contributed by atoms with Gasteiger partial charge in [-0.1, -0.05) is 39.0 Å². The molecule has 1 amide bonds. The topological polar surface area (TPSA) is 76.6 Å². The summed E-state index contributed by atoms with van der Waals surface area (Å²) in [6.45, 7) is 5.24. The minimum absolute atomic E-state index is 0.283. The third kappa shape index (κ3) is 3.46. The van der Waals surface area contributed by atoms with Crippen LogP contribution in [-0.2, 0) is 14.4 Å². The van der Waals surface area contributed by atoms with E-state index >= 15 is 0 Å². The minimum atomic E-state index is -1.12. The van der Waals surface area contributed by atoms with Gasteiger partial charge in [0, 0.05) is 11.0 Å². The van der Waals surface area contributed by atoms with E-state index in [0.717, 1.165) is 0 Å². The van der Waals surface area contributed by atoms with Crippen LogP contribution in [-0.4, -0.2) is 29.6 Å². The van der Waals surface area contributed by atoms with Crippen molar-refractivity contribution in [3.05, 3.63) is 52.8 Å². The number of carbonyl (C=O) groups is 3. The molecule has 0 saturated carbocycles. The Labute approximate surface area is 172 Å². The van der Waals surface area contributed by atoms with E-state index in [9.17, 15) is 14.4 Å². The van der Waals surface area contributed by atoms with Gasteiger partial charge < -0.3 is 4.74 Å². The lowest BCUT2D eigenvalue weighted by Gasteiger charge is -2.30. The second-order valence-electron chi connectivity index (χ2n) is 7.66. The van der Waals surface area contributed by atoms with E-state index in [0.29, 0.717) is 21.6 Å². The third-order valence-electron chi connectivity index (χ3n) is 4.78. The number of nitrogens with zero attached hydrogens (tertiary/aromatic N) is 2. The van der Waals surface area contributed by atoms with Crippen molar-refractivity contribution in [2.75, 3.05) is 12.0 Å². The summed E-state index contributed by atoms with van der Waals surface area (Å²) in [6, 6.07) is 9.69. The molecule has 2 atom stereocenters. The number of carbonyl (C=O) groups excluding carboxylic acids is 3. The number of amides is 1. The van der Waals surface area contributed by atoms with E-state index in [1.165, 1.54) is 18.2 Å². The lowest BCUT2D eigenvalue weighted by Crippen LogP contribution is -2.36. The van der Waals surface area contributed by atoms with Crippen molar-refractivity contribution in [3.63, 3.8) is 0 Å². The second kappa shape index (κ2) is 7.47. The highest BCUT2D eigenvalue weighted by molar-refractivity contribution is 9.10. The lowest BCUT2D eigenvalue weighted by molar-refractivity contribution is -0.141. The van der Waals surface area contributed by atoms with E-state index in [1.54, 1.807) is 57.2 Å². The standard InChI is InChI=1S/C21H21BrN2O4/c1-21(2,3)19(26)16-17(13-7-5-6-8-14(13)28-4)24(20(27)18(16)25)12-9-10-15(22)23-11-12/h5-11,16-17H,1-4H3. The summed E-state index contributed by atoms with van der Waals surface area (Å²) in [4.78, 5) is 44.6. The van der Waals surface area contributed by atoms with Gasteiger partial charge in [0.1, 0.15) is 16.3 Å². The molecule has 2 aromatic rings. The molecular weight excluding hydrogens is 424 g/mol. The first-order valence-corrected chi connectivity index (χ1v) is 9.62. The number of ether oxygens (including phenoxy) is 1. The van der Waals surface area contributed by atoms with Crippen molar-refractivity contribution in [2.45, 2.75) is 26.8 Å². The number of benzene rings is 1. The van der Waals surface area contributed by atoms with Crippen LogP contribution in [0.3, 0.4) is 0 Å². The highest BCUT2D eigenvalue weighted by Gasteiger charge is 2.54. The Kier molecular flexibility index (Phi) is 5.39. The fraction of sp³-hybridized carbons (Fsp3) is 0.333. The van der Waals surface area contributed by atoms with Crippen LogP contribution in [0.1, 0.15) is 32.4 Å². The zero-order valence-corrected chi connectivity index (χ0v) is 17.7. The smallest absolute Gasteiger partial charge is 0.295 e. The number of ketones is 2. The zero-order valence-electron chi connectivity index (χ0n) is 16.1. The Balaban J connectivity index is 2.23. The summed E-state index contributed by atoms with van der Waals surface area (Å²) in [6.07, 6.45) is 1.50. The van der Waals surface area contributed by atoms with Crippen LogP contribution in [0.25, 0.3) is 0 Å². The van der Waals surface area contributed by atoms with Crippen molar-refractivity contribution >= 4 is 39.1 Å². The van der Waals surface area contributed by atoms with Gasteiger partial charge in [-0.25, -0.2) is 4.98 Å². The highest BCUT2D eigenvalue weighted by atomic mass is 79.9. The molecule has 0 radical (unpaired) electrons. The van der Waals surface area contributed by atoms with Crippen LogP contribution < -0.4 is 9.64 Å². The largest absolute Gasteiger partial charge is 0.496 e. The van der Waals surface area contributed by atoms with Gasteiger partial charge in [-0.15, -0.1) is 0 Å². The number of hydrogen-bond acceptors (Lipinski definition) is 5. The average molecular weight is 445 g/mol. The maximum absolute atomic E-state index is 13.2. The first kappa shape index (κ1) is 20.2. The molecule has 1 aliphatic heterocycles. The molecule has 3 rings (SSSR count). The van der Waals surface area contributed by atoms with E-state index in [4.69, 9.17) is 4.74 Å². The first-order valence-electron chi connectivity index (χ1n) is 8.83. The van der Waals surface area contributed by atoms with Crippen molar-refractivity contribution in [1.29, 1.82) is 0 Å². The molecule has 1 aromatic carbocycles. The Hall–Kier alpha value is -2.54. The van der Waals surface area contributed by atoms with Gasteiger partial charge in [0.25, 0.3) is 5.91 Å². The third-order valence-corrected chi connectivity index (χ3v) is 5.24. The van der Waals surface area contributed by atoms with Gasteiger partial charge in [0.15, 0.2) is 5.78 Å². The van der Waals surface area contributed by atoms with Crippen molar-refractivity contribution in [2.24, 2.45) is 11.3 Å². The Morgan fingerprint density at radius 2 is 1.82 bits per heavy atom. The van der Waals surface area contributed by atoms with Gasteiger partial charge in [-0.05, 0) is 34.1 Å². The number of halogens is 1. The van der Waals surface area contributed by atoms with Gasteiger partial charge in [0.2, 0.25) is 5.78 Å². The van der Waals surface area contributed by atoms with E-state index in [1.807, 2.05) is 0 Å². The molecule has 0 N–H and O–H groups in total. The van der Waals surface area contributed by atoms with Crippen molar-refractivity contribution < 1.29 is 19.1 Å². The average Bonchev–Trinajstić information content (AvgIpc) is 2.92. The van der Waals surface area contributed by atoms with Crippen molar-refractivity contribution in [3.8, 4) is 5.75 Å². The number of hydrogen-bond donors (Lipinski definition) is 0. The fourth-order valence-electron chi connectivity index (χ4n) is 3.42. The molecule has 6 nitrogen and oxygen atoms in total. The zero-order chi connectivity index (χ0) is 20.6. The number of aromatic nitrogens is 1. The molecule has 7 heteroatoms. The van der Waals surface area contributed by atoms with Crippen LogP contribution in [0.5, 0.6) is 5.75 Å². The summed E-state index contributed by atoms with van der Waals surface area (Å²) < 4.78 is 6.06. The molecule has 2 unspecified atom stereocenters. The second-order valence-corrected chi connectivity index (χ2v) is 8.47. The molecule has 0 bridgehead atoms. The molecule has 0 spiro atoms. The quantitative estimate of drug-likeness (QED) is 0.407. The molecule has 0 aliphatic carbocycles. The molecular formula is C21H21BrN2O4. The van der Waals surface area contributed by atoms with Crippen LogP contribution in [0.15, 0.2) is 47.2 Å². The summed E-state index contributed by atoms with van der Waals surface area (Å²) in [5.41, 5.74) is 0.269. The summed E-state index contributed by atoms with van der Waals surface area (Å²) in [5.74, 6) is -2.32. The van der Waals surface area contributed by atoms with Crippen LogP contribution in [0, 0.1) is 11.3 Å². The van der Waals surface area contributed by atoms with Crippen LogP contribution in [0.2, 0.25) is 0 Å². The predicted octanol–water partition coefficient (Wildman–Crippen LogP) is 3.74. The molecule has 146 valence electrons. The van der Waals surface area contributed by atoms with E-state index < -0.39 is 29.1 Å². The molecule has 1 aromatic heterocycles. The monoisotopic (exact) mass is 444 g/mol. The van der Waals surface area contributed by atoms with Gasteiger partial charge in [-0.3, -0.25) is 19.3 Å². The van der Waals surface area contributed by atoms with Crippen molar-refractivity contribution in [1.82, 2.24) is 4.98 Å². The number of Topliss-reactive ketones (excluding diaryl/α,β-unsaturated/α-hetero) is 2. The maximum atomic E-state index is 13.2. The number of rotatable bonds is 4. The van der Waals surface area contributed by atoms with Crippen LogP contribution >= 0.6 is 15.9 Å². The molecule has 1 saturated heterocycles. The summed E-state index contributed by atoms with van der Waals surface area (Å²) in [5, 5.41) is 0. The molecule has 1 fully saturated rings. The highest BCUT2D eigenvalue weighted by Crippen LogP contribution is 2.45. The molecule has 2 heterocycles. The number of pyridine rings is 1.